The van der Waals surface area contributed by atoms with Crippen LogP contribution in [-0.2, 0) is 0 Å². The number of benzene rings is 3. The van der Waals surface area contributed by atoms with Crippen LogP contribution in [0.5, 0.6) is 0 Å². The number of carbonyl (C=O) groups excluding carboxylic acids is 1. The fraction of sp³-hybridized carbons (Fsp3) is 0.231. The molecule has 162 valence electrons. The van der Waals surface area contributed by atoms with E-state index in [0.717, 1.165) is 40.8 Å². The molecule has 3 aromatic carbocycles. The van der Waals surface area contributed by atoms with Gasteiger partial charge in [0.15, 0.2) is 5.58 Å². The highest BCUT2D eigenvalue weighted by molar-refractivity contribution is 6.30. The molecule has 4 aromatic rings. The van der Waals surface area contributed by atoms with Crippen LogP contribution in [0.4, 0.5) is 5.69 Å². The fourth-order valence-corrected chi connectivity index (χ4v) is 4.37. The number of halogens is 1. The number of amides is 1. The van der Waals surface area contributed by atoms with Gasteiger partial charge in [-0.2, -0.15) is 0 Å². The van der Waals surface area contributed by atoms with Crippen LogP contribution in [0, 0.1) is 0 Å². The lowest BCUT2D eigenvalue weighted by atomic mass is 10.0. The molecule has 1 fully saturated rings. The Hall–Kier alpha value is -3.31. The van der Waals surface area contributed by atoms with Crippen molar-refractivity contribution in [1.82, 2.24) is 9.88 Å². The van der Waals surface area contributed by atoms with Gasteiger partial charge in [-0.3, -0.25) is 4.79 Å². The van der Waals surface area contributed by atoms with E-state index in [2.05, 4.69) is 29.2 Å². The Bertz CT molecular complexity index is 1260. The largest absolute Gasteiger partial charge is 0.438 e. The molecule has 0 N–H and O–H groups in total. The topological polar surface area (TPSA) is 49.6 Å². The average Bonchev–Trinajstić information content (AvgIpc) is 3.45. The van der Waals surface area contributed by atoms with E-state index in [1.165, 1.54) is 0 Å². The van der Waals surface area contributed by atoms with Gasteiger partial charge in [-0.1, -0.05) is 29.8 Å². The quantitative estimate of drug-likeness (QED) is 0.375. The Kier molecular flexibility index (Phi) is 5.35. The maximum atomic E-state index is 13.1. The van der Waals surface area contributed by atoms with E-state index in [1.54, 1.807) is 24.3 Å². The third-order valence-corrected chi connectivity index (χ3v) is 6.26. The summed E-state index contributed by atoms with van der Waals surface area (Å²) in [5, 5.41) is 0.616. The van der Waals surface area contributed by atoms with Crippen molar-refractivity contribution < 1.29 is 9.21 Å². The van der Waals surface area contributed by atoms with Gasteiger partial charge in [0.2, 0.25) is 5.89 Å². The first kappa shape index (κ1) is 20.6. The van der Waals surface area contributed by atoms with Crippen LogP contribution in [0.1, 0.15) is 35.1 Å². The van der Waals surface area contributed by atoms with Crippen molar-refractivity contribution in [1.29, 1.82) is 0 Å². The van der Waals surface area contributed by atoms with Crippen LogP contribution < -0.4 is 4.90 Å². The van der Waals surface area contributed by atoms with Crippen LogP contribution in [0.15, 0.2) is 71.1 Å². The molecule has 2 heterocycles. The number of oxazole rings is 1. The van der Waals surface area contributed by atoms with Crippen LogP contribution in [-0.4, -0.2) is 36.4 Å². The van der Waals surface area contributed by atoms with Crippen molar-refractivity contribution >= 4 is 34.3 Å². The van der Waals surface area contributed by atoms with E-state index in [-0.39, 0.29) is 11.9 Å². The summed E-state index contributed by atoms with van der Waals surface area (Å²) in [4.78, 5) is 21.8. The molecule has 5 rings (SSSR count). The zero-order chi connectivity index (χ0) is 22.2. The molecule has 5 nitrogen and oxygen atoms in total. The zero-order valence-corrected chi connectivity index (χ0v) is 18.8. The molecule has 6 heteroatoms. The minimum Gasteiger partial charge on any atom is -0.438 e. The molecule has 1 saturated heterocycles. The number of hydrogen-bond acceptors (Lipinski definition) is 4. The molecule has 1 aliphatic heterocycles. The molecule has 1 amide bonds. The number of likely N-dealkylation sites (tertiary alicyclic amines) is 1. The number of fused-ring (bicyclic) bond motifs is 1. The Balaban J connectivity index is 1.42. The summed E-state index contributed by atoms with van der Waals surface area (Å²) < 4.78 is 6.10. The number of hydrogen-bond donors (Lipinski definition) is 0. The maximum absolute atomic E-state index is 13.1. The zero-order valence-electron chi connectivity index (χ0n) is 18.1. The first-order valence-corrected chi connectivity index (χ1v) is 11.1. The molecule has 1 aromatic heterocycles. The van der Waals surface area contributed by atoms with Crippen molar-refractivity contribution in [2.24, 2.45) is 0 Å². The molecule has 0 saturated carbocycles. The lowest BCUT2D eigenvalue weighted by Crippen LogP contribution is -2.30. The van der Waals surface area contributed by atoms with E-state index in [4.69, 9.17) is 21.0 Å². The Morgan fingerprint density at radius 1 is 1.03 bits per heavy atom. The number of carbonyl (C=O) groups is 1. The van der Waals surface area contributed by atoms with E-state index in [9.17, 15) is 4.79 Å². The Labute approximate surface area is 192 Å². The van der Waals surface area contributed by atoms with Gasteiger partial charge in [0, 0.05) is 36.9 Å². The van der Waals surface area contributed by atoms with Gasteiger partial charge in [-0.15, -0.1) is 0 Å². The van der Waals surface area contributed by atoms with Crippen molar-refractivity contribution in [2.45, 2.75) is 18.9 Å². The smallest absolute Gasteiger partial charge is 0.254 e. The lowest BCUT2D eigenvalue weighted by molar-refractivity contribution is 0.0717. The molecule has 32 heavy (non-hydrogen) atoms. The summed E-state index contributed by atoms with van der Waals surface area (Å²) in [7, 11) is 4.06. The van der Waals surface area contributed by atoms with Crippen LogP contribution in [0.2, 0.25) is 5.02 Å². The molecular formula is C26H24ClN3O2. The van der Waals surface area contributed by atoms with Crippen LogP contribution in [0.25, 0.3) is 22.2 Å². The summed E-state index contributed by atoms with van der Waals surface area (Å²) in [5.74, 6) is 0.577. The molecule has 1 aliphatic rings. The van der Waals surface area contributed by atoms with Gasteiger partial charge >= 0.3 is 0 Å². The molecule has 0 aliphatic carbocycles. The second-order valence-corrected chi connectivity index (χ2v) is 8.78. The minimum atomic E-state index is -0.159. The second kappa shape index (κ2) is 8.32. The standard InChI is InChI=1S/C26H24ClN3O2/c1-29(2)21-12-7-17(8-13-21)19-9-14-24-22(16-19)28-25(32-24)23-4-3-15-30(23)26(31)18-5-10-20(27)11-6-18/h5-14,16,23H,3-4,15H2,1-2H3/t23-/m0/s1. The predicted molar refractivity (Wildman–Crippen MR) is 128 cm³/mol. The summed E-state index contributed by atoms with van der Waals surface area (Å²) in [6, 6.07) is 21.3. The number of aromatic nitrogens is 1. The van der Waals surface area contributed by atoms with Gasteiger partial charge in [0.1, 0.15) is 11.6 Å². The van der Waals surface area contributed by atoms with Crippen molar-refractivity contribution in [3.05, 3.63) is 83.2 Å². The van der Waals surface area contributed by atoms with Crippen molar-refractivity contribution in [3.8, 4) is 11.1 Å². The highest BCUT2D eigenvalue weighted by atomic mass is 35.5. The van der Waals surface area contributed by atoms with E-state index < -0.39 is 0 Å². The molecule has 0 radical (unpaired) electrons. The van der Waals surface area contributed by atoms with Gasteiger partial charge in [-0.25, -0.2) is 4.98 Å². The van der Waals surface area contributed by atoms with E-state index in [0.29, 0.717) is 23.0 Å². The normalized spacial score (nSPS) is 16.0. The van der Waals surface area contributed by atoms with E-state index >= 15 is 0 Å². The first-order valence-electron chi connectivity index (χ1n) is 10.7. The molecule has 0 bridgehead atoms. The monoisotopic (exact) mass is 445 g/mol. The first-order chi connectivity index (χ1) is 15.5. The number of anilines is 1. The number of nitrogens with zero attached hydrogens (tertiary/aromatic N) is 3. The van der Waals surface area contributed by atoms with Crippen LogP contribution in [0.3, 0.4) is 0 Å². The second-order valence-electron chi connectivity index (χ2n) is 8.34. The summed E-state index contributed by atoms with van der Waals surface area (Å²) in [6.07, 6.45) is 1.76. The predicted octanol–water partition coefficient (Wildman–Crippen LogP) is 6.19. The maximum Gasteiger partial charge on any atom is 0.254 e. The lowest BCUT2D eigenvalue weighted by Gasteiger charge is -2.22. The minimum absolute atomic E-state index is 0.0203. The van der Waals surface area contributed by atoms with Gasteiger partial charge in [0.05, 0.1) is 0 Å². The molecular weight excluding hydrogens is 422 g/mol. The molecule has 0 unspecified atom stereocenters. The fourth-order valence-electron chi connectivity index (χ4n) is 4.24. The van der Waals surface area contributed by atoms with Crippen molar-refractivity contribution in [3.63, 3.8) is 0 Å². The Morgan fingerprint density at radius 3 is 2.47 bits per heavy atom. The molecule has 0 spiro atoms. The SMILES string of the molecule is CN(C)c1ccc(-c2ccc3oc([C@@H]4CCCN4C(=O)c4ccc(Cl)cc4)nc3c2)cc1. The highest BCUT2D eigenvalue weighted by Gasteiger charge is 2.34. The highest BCUT2D eigenvalue weighted by Crippen LogP contribution is 2.35. The van der Waals surface area contributed by atoms with Crippen LogP contribution >= 0.6 is 11.6 Å². The average molecular weight is 446 g/mol. The van der Waals surface area contributed by atoms with Gasteiger partial charge in [0.25, 0.3) is 5.91 Å². The third kappa shape index (κ3) is 3.84. The molecule has 1 atom stereocenters. The van der Waals surface area contributed by atoms with Gasteiger partial charge < -0.3 is 14.2 Å². The van der Waals surface area contributed by atoms with E-state index in [1.807, 2.05) is 37.2 Å². The van der Waals surface area contributed by atoms with Crippen molar-refractivity contribution in [2.75, 3.05) is 25.5 Å². The summed E-state index contributed by atoms with van der Waals surface area (Å²) in [5.41, 5.74) is 5.54. The Morgan fingerprint density at radius 2 is 1.75 bits per heavy atom. The van der Waals surface area contributed by atoms with Gasteiger partial charge in [-0.05, 0) is 72.5 Å². The third-order valence-electron chi connectivity index (χ3n) is 6.01. The summed E-state index contributed by atoms with van der Waals surface area (Å²) in [6.45, 7) is 0.689. The number of rotatable bonds is 4. The summed E-state index contributed by atoms with van der Waals surface area (Å²) >= 11 is 5.97.